The van der Waals surface area contributed by atoms with Crippen LogP contribution in [0, 0.1) is 18.3 Å². The first-order valence-corrected chi connectivity index (χ1v) is 4.30. The molecule has 4 nitrogen and oxygen atoms in total. The Morgan fingerprint density at radius 2 is 2.40 bits per heavy atom. The van der Waals surface area contributed by atoms with Gasteiger partial charge in [0, 0.05) is 6.20 Å². The van der Waals surface area contributed by atoms with E-state index in [1.807, 2.05) is 13.0 Å². The lowest BCUT2D eigenvalue weighted by atomic mass is 10.1. The molecular formula is C11H10N2O2. The summed E-state index contributed by atoms with van der Waals surface area (Å²) in [4.78, 5) is 15.2. The molecule has 0 unspecified atom stereocenters. The Labute approximate surface area is 87.8 Å². The van der Waals surface area contributed by atoms with Gasteiger partial charge in [-0.25, -0.2) is 4.79 Å². The zero-order valence-electron chi connectivity index (χ0n) is 8.52. The standard InChI is InChI=1S/C11H10N2O2/c1-8-4-3-5-13-10(8)6-9(7-12)11(14)15-2/h3-6H,1-2H3/b9-6+. The number of nitrogens with zero attached hydrogens (tertiary/aromatic N) is 2. The highest BCUT2D eigenvalue weighted by molar-refractivity contribution is 5.97. The van der Waals surface area contributed by atoms with Crippen LogP contribution in [0.2, 0.25) is 0 Å². The van der Waals surface area contributed by atoms with Gasteiger partial charge in [-0.3, -0.25) is 4.98 Å². The summed E-state index contributed by atoms with van der Waals surface area (Å²) in [5.41, 5.74) is 1.44. The van der Waals surface area contributed by atoms with E-state index >= 15 is 0 Å². The molecule has 0 aliphatic heterocycles. The quantitative estimate of drug-likeness (QED) is 0.414. The first-order valence-electron chi connectivity index (χ1n) is 4.30. The van der Waals surface area contributed by atoms with Crippen molar-refractivity contribution >= 4 is 12.0 Å². The van der Waals surface area contributed by atoms with Gasteiger partial charge in [-0.05, 0) is 24.6 Å². The molecule has 0 aliphatic carbocycles. The minimum atomic E-state index is -0.650. The molecule has 1 rings (SSSR count). The molecular weight excluding hydrogens is 192 g/mol. The fraction of sp³-hybridized carbons (Fsp3) is 0.182. The van der Waals surface area contributed by atoms with Gasteiger partial charge < -0.3 is 4.74 Å². The second-order valence-corrected chi connectivity index (χ2v) is 2.87. The van der Waals surface area contributed by atoms with Crippen LogP contribution in [0.1, 0.15) is 11.3 Å². The van der Waals surface area contributed by atoms with Crippen molar-refractivity contribution in [2.45, 2.75) is 6.92 Å². The van der Waals surface area contributed by atoms with Crippen molar-refractivity contribution in [3.8, 4) is 6.07 Å². The minimum absolute atomic E-state index is 0.0562. The maximum atomic E-state index is 11.1. The van der Waals surface area contributed by atoms with Crippen molar-refractivity contribution in [1.82, 2.24) is 4.98 Å². The lowest BCUT2D eigenvalue weighted by Crippen LogP contribution is -2.03. The van der Waals surface area contributed by atoms with Crippen LogP contribution in [0.25, 0.3) is 6.08 Å². The Bertz CT molecular complexity index is 444. The number of esters is 1. The summed E-state index contributed by atoms with van der Waals surface area (Å²) in [5, 5.41) is 8.73. The van der Waals surface area contributed by atoms with Crippen LogP contribution in [0.4, 0.5) is 0 Å². The van der Waals surface area contributed by atoms with Crippen LogP contribution in [0.5, 0.6) is 0 Å². The maximum absolute atomic E-state index is 11.1. The number of pyridine rings is 1. The Hall–Kier alpha value is -2.15. The predicted octanol–water partition coefficient (Wildman–Crippen LogP) is 1.47. The Morgan fingerprint density at radius 3 is 2.93 bits per heavy atom. The predicted molar refractivity (Wildman–Crippen MR) is 54.6 cm³/mol. The molecule has 0 spiro atoms. The zero-order valence-corrected chi connectivity index (χ0v) is 8.52. The first kappa shape index (κ1) is 10.9. The highest BCUT2D eigenvalue weighted by Crippen LogP contribution is 2.09. The van der Waals surface area contributed by atoms with Crippen LogP contribution < -0.4 is 0 Å². The number of ether oxygens (including phenoxy) is 1. The number of nitriles is 1. The maximum Gasteiger partial charge on any atom is 0.348 e. The monoisotopic (exact) mass is 202 g/mol. The molecule has 1 aromatic rings. The number of hydrogen-bond donors (Lipinski definition) is 0. The summed E-state index contributed by atoms with van der Waals surface area (Å²) < 4.78 is 4.46. The molecule has 1 aromatic heterocycles. The third kappa shape index (κ3) is 2.64. The average Bonchev–Trinajstić information content (AvgIpc) is 2.27. The average molecular weight is 202 g/mol. The van der Waals surface area contributed by atoms with E-state index in [2.05, 4.69) is 9.72 Å². The fourth-order valence-corrected chi connectivity index (χ4v) is 1.03. The molecule has 0 aromatic carbocycles. The van der Waals surface area contributed by atoms with E-state index < -0.39 is 5.97 Å². The van der Waals surface area contributed by atoms with E-state index in [-0.39, 0.29) is 5.57 Å². The molecule has 0 radical (unpaired) electrons. The molecule has 0 bridgehead atoms. The van der Waals surface area contributed by atoms with Crippen LogP contribution in [-0.4, -0.2) is 18.1 Å². The smallest absolute Gasteiger partial charge is 0.348 e. The van der Waals surface area contributed by atoms with E-state index in [1.165, 1.54) is 13.2 Å². The molecule has 15 heavy (non-hydrogen) atoms. The van der Waals surface area contributed by atoms with E-state index in [0.29, 0.717) is 5.69 Å². The highest BCUT2D eigenvalue weighted by Gasteiger charge is 2.09. The summed E-state index contributed by atoms with van der Waals surface area (Å²) in [6.07, 6.45) is 3.02. The van der Waals surface area contributed by atoms with Crippen molar-refractivity contribution in [3.63, 3.8) is 0 Å². The number of hydrogen-bond acceptors (Lipinski definition) is 4. The molecule has 1 heterocycles. The third-order valence-electron chi connectivity index (χ3n) is 1.86. The number of carbonyl (C=O) groups is 1. The van der Waals surface area contributed by atoms with Crippen molar-refractivity contribution in [1.29, 1.82) is 5.26 Å². The van der Waals surface area contributed by atoms with Crippen molar-refractivity contribution in [3.05, 3.63) is 35.2 Å². The zero-order chi connectivity index (χ0) is 11.3. The van der Waals surface area contributed by atoms with E-state index in [0.717, 1.165) is 5.56 Å². The topological polar surface area (TPSA) is 63.0 Å². The van der Waals surface area contributed by atoms with Gasteiger partial charge in [0.05, 0.1) is 12.8 Å². The summed E-state index contributed by atoms with van der Waals surface area (Å²) in [7, 11) is 1.23. The number of aryl methyl sites for hydroxylation is 1. The molecule has 0 saturated heterocycles. The Kier molecular flexibility index (Phi) is 3.58. The minimum Gasteiger partial charge on any atom is -0.465 e. The lowest BCUT2D eigenvalue weighted by Gasteiger charge is -1.99. The molecule has 76 valence electrons. The van der Waals surface area contributed by atoms with Crippen molar-refractivity contribution < 1.29 is 9.53 Å². The number of rotatable bonds is 2. The van der Waals surface area contributed by atoms with Gasteiger partial charge >= 0.3 is 5.97 Å². The normalized spacial score (nSPS) is 10.6. The molecule has 0 fully saturated rings. The highest BCUT2D eigenvalue weighted by atomic mass is 16.5. The van der Waals surface area contributed by atoms with Crippen LogP contribution in [0.15, 0.2) is 23.9 Å². The van der Waals surface area contributed by atoms with Crippen LogP contribution in [-0.2, 0) is 9.53 Å². The molecule has 0 amide bonds. The van der Waals surface area contributed by atoms with Gasteiger partial charge in [-0.2, -0.15) is 5.26 Å². The molecule has 0 N–H and O–H groups in total. The SMILES string of the molecule is COC(=O)/C(C#N)=C/c1ncccc1C. The Balaban J connectivity index is 3.11. The third-order valence-corrected chi connectivity index (χ3v) is 1.86. The number of carbonyl (C=O) groups excluding carboxylic acids is 1. The number of aromatic nitrogens is 1. The first-order chi connectivity index (χ1) is 7.19. The Morgan fingerprint density at radius 1 is 1.67 bits per heavy atom. The second kappa shape index (κ2) is 4.91. The molecule has 0 saturated carbocycles. The summed E-state index contributed by atoms with van der Waals surface area (Å²) in [6.45, 7) is 1.85. The second-order valence-electron chi connectivity index (χ2n) is 2.87. The van der Waals surface area contributed by atoms with Gasteiger partial charge in [0.25, 0.3) is 0 Å². The van der Waals surface area contributed by atoms with Gasteiger partial charge in [0.2, 0.25) is 0 Å². The van der Waals surface area contributed by atoms with Crippen LogP contribution >= 0.6 is 0 Å². The van der Waals surface area contributed by atoms with Gasteiger partial charge in [0.1, 0.15) is 11.6 Å². The molecule has 0 atom stereocenters. The molecule has 0 aliphatic rings. The van der Waals surface area contributed by atoms with Gasteiger partial charge in [0.15, 0.2) is 0 Å². The summed E-state index contributed by atoms with van der Waals surface area (Å²) in [6, 6.07) is 5.42. The van der Waals surface area contributed by atoms with Crippen LogP contribution in [0.3, 0.4) is 0 Å². The molecule has 4 heteroatoms. The van der Waals surface area contributed by atoms with Crippen molar-refractivity contribution in [2.24, 2.45) is 0 Å². The fourth-order valence-electron chi connectivity index (χ4n) is 1.03. The summed E-state index contributed by atoms with van der Waals surface area (Å²) >= 11 is 0. The van der Waals surface area contributed by atoms with E-state index in [4.69, 9.17) is 5.26 Å². The van der Waals surface area contributed by atoms with Gasteiger partial charge in [-0.1, -0.05) is 6.07 Å². The van der Waals surface area contributed by atoms with E-state index in [9.17, 15) is 4.79 Å². The van der Waals surface area contributed by atoms with Gasteiger partial charge in [-0.15, -0.1) is 0 Å². The lowest BCUT2D eigenvalue weighted by molar-refractivity contribution is -0.135. The summed E-state index contributed by atoms with van der Waals surface area (Å²) in [5.74, 6) is -0.650. The van der Waals surface area contributed by atoms with E-state index in [1.54, 1.807) is 18.3 Å². The largest absolute Gasteiger partial charge is 0.465 e. The number of methoxy groups -OCH3 is 1. The van der Waals surface area contributed by atoms with Crippen molar-refractivity contribution in [2.75, 3.05) is 7.11 Å².